The van der Waals surface area contributed by atoms with Gasteiger partial charge in [-0.25, -0.2) is 15.0 Å². The monoisotopic (exact) mass is 455 g/mol. The highest BCUT2D eigenvalue weighted by Crippen LogP contribution is 2.37. The van der Waals surface area contributed by atoms with Gasteiger partial charge in [0, 0.05) is 0 Å². The van der Waals surface area contributed by atoms with Crippen molar-refractivity contribution in [1.29, 1.82) is 0 Å². The summed E-state index contributed by atoms with van der Waals surface area (Å²) in [5.41, 5.74) is 3.48. The average molecular weight is 456 g/mol. The predicted molar refractivity (Wildman–Crippen MR) is 120 cm³/mol. The van der Waals surface area contributed by atoms with Gasteiger partial charge in [0.15, 0.2) is 23.2 Å². The average Bonchev–Trinajstić information content (AvgIpc) is 3.35. The summed E-state index contributed by atoms with van der Waals surface area (Å²) < 4.78 is 13.1. The van der Waals surface area contributed by atoms with E-state index in [1.807, 2.05) is 19.9 Å². The highest BCUT2D eigenvalue weighted by Gasteiger charge is 2.44. The number of fused-ring (bicyclic) bond motifs is 2. The van der Waals surface area contributed by atoms with Crippen molar-refractivity contribution in [2.75, 3.05) is 11.9 Å². The Kier molecular flexibility index (Phi) is 5.92. The van der Waals surface area contributed by atoms with Gasteiger partial charge in [0.25, 0.3) is 0 Å². The first-order valence-electron chi connectivity index (χ1n) is 11.3. The summed E-state index contributed by atoms with van der Waals surface area (Å²) in [7, 11) is 0. The van der Waals surface area contributed by atoms with E-state index in [1.165, 1.54) is 23.8 Å². The van der Waals surface area contributed by atoms with Gasteiger partial charge in [0.1, 0.15) is 30.4 Å². The zero-order valence-corrected chi connectivity index (χ0v) is 18.6. The lowest BCUT2D eigenvalue weighted by molar-refractivity contribution is -0.0511. The van der Waals surface area contributed by atoms with Crippen LogP contribution >= 0.6 is 0 Å². The van der Waals surface area contributed by atoms with Crippen LogP contribution in [0.3, 0.4) is 0 Å². The van der Waals surface area contributed by atoms with E-state index in [0.717, 1.165) is 25.0 Å². The Bertz CT molecular complexity index is 1140. The zero-order chi connectivity index (χ0) is 23.1. The van der Waals surface area contributed by atoms with Crippen molar-refractivity contribution in [1.82, 2.24) is 19.5 Å². The lowest BCUT2D eigenvalue weighted by atomic mass is 9.87. The molecule has 0 bridgehead atoms. The predicted octanol–water partition coefficient (Wildman–Crippen LogP) is 1.71. The molecule has 10 nitrogen and oxygen atoms in total. The van der Waals surface area contributed by atoms with Crippen LogP contribution in [-0.2, 0) is 11.2 Å². The second-order valence-electron chi connectivity index (χ2n) is 8.89. The van der Waals surface area contributed by atoms with Gasteiger partial charge in [-0.05, 0) is 56.4 Å². The third-order valence-corrected chi connectivity index (χ3v) is 6.26. The van der Waals surface area contributed by atoms with Gasteiger partial charge in [-0.2, -0.15) is 0 Å². The van der Waals surface area contributed by atoms with Crippen LogP contribution in [0.4, 0.5) is 5.82 Å². The number of imidazole rings is 1. The van der Waals surface area contributed by atoms with Crippen LogP contribution in [0, 0.1) is 0 Å². The second kappa shape index (κ2) is 8.86. The van der Waals surface area contributed by atoms with Crippen LogP contribution in [-0.4, -0.2) is 65.9 Å². The van der Waals surface area contributed by atoms with E-state index >= 15 is 0 Å². The van der Waals surface area contributed by atoms with Gasteiger partial charge in [-0.3, -0.25) is 4.57 Å². The molecule has 0 radical (unpaired) electrons. The first-order valence-corrected chi connectivity index (χ1v) is 11.3. The van der Waals surface area contributed by atoms with Crippen molar-refractivity contribution in [2.45, 2.75) is 69.8 Å². The van der Waals surface area contributed by atoms with Crippen molar-refractivity contribution < 1.29 is 24.8 Å². The molecule has 176 valence electrons. The number of hydrogen-bond donors (Lipinski definition) is 4. The number of aliphatic hydroxyl groups is 3. The van der Waals surface area contributed by atoms with E-state index < -0.39 is 31.1 Å². The SMILES string of the molecule is CC(C)Oc1ccc2c(c1)C(Nc1ncnc3c1ncn3[C@@H]1O[C@H](CO)[C@@H](O)[C@H]1O)CCC2. The molecule has 1 saturated heterocycles. The van der Waals surface area contributed by atoms with E-state index in [1.54, 1.807) is 4.57 Å². The molecule has 0 spiro atoms. The van der Waals surface area contributed by atoms with Crippen LogP contribution < -0.4 is 10.1 Å². The Morgan fingerprint density at radius 2 is 2.06 bits per heavy atom. The van der Waals surface area contributed by atoms with Gasteiger partial charge >= 0.3 is 0 Å². The van der Waals surface area contributed by atoms with Crippen LogP contribution in [0.25, 0.3) is 11.2 Å². The quantitative estimate of drug-likeness (QED) is 0.438. The highest BCUT2D eigenvalue weighted by molar-refractivity contribution is 5.83. The zero-order valence-electron chi connectivity index (χ0n) is 18.6. The molecule has 1 unspecified atom stereocenters. The van der Waals surface area contributed by atoms with Crippen LogP contribution in [0.2, 0.25) is 0 Å². The minimum Gasteiger partial charge on any atom is -0.491 e. The maximum atomic E-state index is 10.4. The molecule has 0 amide bonds. The number of aryl methyl sites for hydroxylation is 1. The summed E-state index contributed by atoms with van der Waals surface area (Å²) in [5.74, 6) is 1.43. The number of aromatic nitrogens is 4. The van der Waals surface area contributed by atoms with Crippen LogP contribution in [0.1, 0.15) is 50.1 Å². The van der Waals surface area contributed by atoms with Crippen molar-refractivity contribution in [3.8, 4) is 5.75 Å². The highest BCUT2D eigenvalue weighted by atomic mass is 16.6. The summed E-state index contributed by atoms with van der Waals surface area (Å²) in [6, 6.07) is 6.30. The number of benzene rings is 1. The van der Waals surface area contributed by atoms with E-state index in [-0.39, 0.29) is 12.1 Å². The minimum atomic E-state index is -1.21. The van der Waals surface area contributed by atoms with Gasteiger partial charge in [0.05, 0.1) is 25.1 Å². The molecule has 5 atom stereocenters. The summed E-state index contributed by atoms with van der Waals surface area (Å²) in [5, 5.41) is 33.4. The fourth-order valence-corrected chi connectivity index (χ4v) is 4.69. The van der Waals surface area contributed by atoms with E-state index in [0.29, 0.717) is 17.0 Å². The number of ether oxygens (including phenoxy) is 2. The Morgan fingerprint density at radius 3 is 2.82 bits per heavy atom. The molecular weight excluding hydrogens is 426 g/mol. The largest absolute Gasteiger partial charge is 0.491 e. The summed E-state index contributed by atoms with van der Waals surface area (Å²) >= 11 is 0. The van der Waals surface area contributed by atoms with Crippen molar-refractivity contribution in [3.63, 3.8) is 0 Å². The van der Waals surface area contributed by atoms with E-state index in [4.69, 9.17) is 9.47 Å². The minimum absolute atomic E-state index is 0.0432. The topological polar surface area (TPSA) is 135 Å². The molecule has 5 rings (SSSR count). The summed E-state index contributed by atoms with van der Waals surface area (Å²) in [6.45, 7) is 3.62. The normalized spacial score (nSPS) is 27.2. The Morgan fingerprint density at radius 1 is 1.21 bits per heavy atom. The van der Waals surface area contributed by atoms with Crippen molar-refractivity contribution in [2.24, 2.45) is 0 Å². The van der Waals surface area contributed by atoms with Gasteiger partial charge in [-0.1, -0.05) is 6.07 Å². The molecule has 33 heavy (non-hydrogen) atoms. The third-order valence-electron chi connectivity index (χ3n) is 6.26. The molecule has 3 heterocycles. The molecule has 1 aliphatic carbocycles. The Balaban J connectivity index is 1.45. The van der Waals surface area contributed by atoms with Crippen LogP contribution in [0.5, 0.6) is 5.75 Å². The molecule has 2 aliphatic rings. The smallest absolute Gasteiger partial charge is 0.167 e. The number of hydrogen-bond acceptors (Lipinski definition) is 9. The van der Waals surface area contributed by atoms with E-state index in [2.05, 4.69) is 32.4 Å². The molecule has 0 saturated carbocycles. The first-order chi connectivity index (χ1) is 16.0. The fraction of sp³-hybridized carbons (Fsp3) is 0.522. The fourth-order valence-electron chi connectivity index (χ4n) is 4.69. The van der Waals surface area contributed by atoms with Gasteiger partial charge < -0.3 is 30.1 Å². The molecule has 3 aromatic rings. The number of aliphatic hydroxyl groups excluding tert-OH is 3. The maximum Gasteiger partial charge on any atom is 0.167 e. The molecular formula is C23H29N5O5. The number of anilines is 1. The Labute approximate surface area is 191 Å². The second-order valence-corrected chi connectivity index (χ2v) is 8.89. The third kappa shape index (κ3) is 4.04. The number of rotatable bonds is 6. The summed E-state index contributed by atoms with van der Waals surface area (Å²) in [6.07, 6.45) is 1.88. The summed E-state index contributed by atoms with van der Waals surface area (Å²) in [4.78, 5) is 13.2. The maximum absolute atomic E-state index is 10.4. The Hall–Kier alpha value is -2.79. The van der Waals surface area contributed by atoms with E-state index in [9.17, 15) is 15.3 Å². The lowest BCUT2D eigenvalue weighted by Crippen LogP contribution is -2.33. The van der Waals surface area contributed by atoms with Crippen molar-refractivity contribution in [3.05, 3.63) is 42.0 Å². The van der Waals surface area contributed by atoms with Crippen LogP contribution in [0.15, 0.2) is 30.9 Å². The molecule has 1 aliphatic heterocycles. The molecule has 2 aromatic heterocycles. The molecule has 10 heteroatoms. The lowest BCUT2D eigenvalue weighted by Gasteiger charge is -2.27. The number of nitrogens with zero attached hydrogens (tertiary/aromatic N) is 4. The standard InChI is InChI=1S/C23H29N5O5/c1-12(2)32-14-7-6-13-4-3-5-16(15(13)8-14)27-21-18-22(25-10-24-21)28(11-26-18)23-20(31)19(30)17(9-29)33-23/h6-8,10-12,16-17,19-20,23,29-31H,3-5,9H2,1-2H3,(H,24,25,27)/t16?,17-,19-,20-,23-/m1/s1. The van der Waals surface area contributed by atoms with Gasteiger partial charge in [0.2, 0.25) is 0 Å². The number of nitrogens with one attached hydrogen (secondary N) is 1. The molecule has 1 fully saturated rings. The molecule has 1 aromatic carbocycles. The molecule has 4 N–H and O–H groups in total. The van der Waals surface area contributed by atoms with Gasteiger partial charge in [-0.15, -0.1) is 0 Å². The van der Waals surface area contributed by atoms with Crippen molar-refractivity contribution >= 4 is 17.0 Å². The first kappa shape index (κ1) is 22.0.